The van der Waals surface area contributed by atoms with Crippen LogP contribution in [-0.4, -0.2) is 11.9 Å². The van der Waals surface area contributed by atoms with Gasteiger partial charge in [-0.1, -0.05) is 0 Å². The van der Waals surface area contributed by atoms with Gasteiger partial charge in [0.15, 0.2) is 0 Å². The predicted octanol–water partition coefficient (Wildman–Crippen LogP) is 2.26. The second kappa shape index (κ2) is 5.57. The van der Waals surface area contributed by atoms with Gasteiger partial charge in [0.05, 0.1) is 0 Å². The van der Waals surface area contributed by atoms with E-state index in [9.17, 15) is 9.18 Å². The van der Waals surface area contributed by atoms with E-state index in [4.69, 9.17) is 6.42 Å². The van der Waals surface area contributed by atoms with E-state index >= 15 is 0 Å². The molecule has 0 aliphatic heterocycles. The molecule has 0 aromatic heterocycles. The van der Waals surface area contributed by atoms with Gasteiger partial charge in [-0.25, -0.2) is 4.39 Å². The standard InChI is InChI=1S/C12H12FNOS/c1-3-4-8(2)14-12(15)9-5-6-10(13)11(16)7-9/h1,5-8,16H,4H2,2H3,(H,14,15). The Morgan fingerprint density at radius 2 is 2.38 bits per heavy atom. The van der Waals surface area contributed by atoms with Crippen molar-refractivity contribution < 1.29 is 9.18 Å². The van der Waals surface area contributed by atoms with Crippen LogP contribution in [0.4, 0.5) is 4.39 Å². The first-order valence-electron chi connectivity index (χ1n) is 4.77. The van der Waals surface area contributed by atoms with Crippen molar-refractivity contribution >= 4 is 18.5 Å². The van der Waals surface area contributed by atoms with Gasteiger partial charge >= 0.3 is 0 Å². The highest BCUT2D eigenvalue weighted by atomic mass is 32.1. The van der Waals surface area contributed by atoms with Gasteiger partial charge < -0.3 is 5.32 Å². The molecule has 1 aromatic carbocycles. The number of halogens is 1. The smallest absolute Gasteiger partial charge is 0.251 e. The Balaban J connectivity index is 2.74. The maximum Gasteiger partial charge on any atom is 0.251 e. The molecular formula is C12H12FNOS. The molecule has 1 N–H and O–H groups in total. The van der Waals surface area contributed by atoms with Crippen molar-refractivity contribution in [1.29, 1.82) is 0 Å². The van der Waals surface area contributed by atoms with Crippen molar-refractivity contribution in [2.75, 3.05) is 0 Å². The fraction of sp³-hybridized carbons (Fsp3) is 0.250. The molecule has 84 valence electrons. The van der Waals surface area contributed by atoms with Crippen molar-refractivity contribution in [2.45, 2.75) is 24.3 Å². The molecule has 1 rings (SSSR count). The number of nitrogens with one attached hydrogen (secondary N) is 1. The van der Waals surface area contributed by atoms with Crippen LogP contribution < -0.4 is 5.32 Å². The van der Waals surface area contributed by atoms with Crippen molar-refractivity contribution in [3.05, 3.63) is 29.6 Å². The number of carbonyl (C=O) groups excluding carboxylic acids is 1. The number of thiol groups is 1. The number of carbonyl (C=O) groups is 1. The summed E-state index contributed by atoms with van der Waals surface area (Å²) in [6.07, 6.45) is 5.58. The van der Waals surface area contributed by atoms with Crippen LogP contribution in [0.1, 0.15) is 23.7 Å². The third kappa shape index (κ3) is 3.28. The first-order chi connectivity index (χ1) is 7.54. The predicted molar refractivity (Wildman–Crippen MR) is 64.0 cm³/mol. The largest absolute Gasteiger partial charge is 0.349 e. The van der Waals surface area contributed by atoms with Gasteiger partial charge in [-0.15, -0.1) is 25.0 Å². The zero-order valence-electron chi connectivity index (χ0n) is 8.83. The molecule has 0 saturated heterocycles. The summed E-state index contributed by atoms with van der Waals surface area (Å²) < 4.78 is 12.9. The van der Waals surface area contributed by atoms with Crippen LogP contribution in [0, 0.1) is 18.2 Å². The number of benzene rings is 1. The highest BCUT2D eigenvalue weighted by Crippen LogP contribution is 2.14. The Hall–Kier alpha value is -1.47. The summed E-state index contributed by atoms with van der Waals surface area (Å²) in [5, 5.41) is 2.71. The summed E-state index contributed by atoms with van der Waals surface area (Å²) in [7, 11) is 0. The third-order valence-corrected chi connectivity index (χ3v) is 2.35. The number of rotatable bonds is 3. The van der Waals surface area contributed by atoms with Gasteiger partial charge in [-0.2, -0.15) is 0 Å². The van der Waals surface area contributed by atoms with Crippen LogP contribution in [0.15, 0.2) is 23.1 Å². The zero-order valence-corrected chi connectivity index (χ0v) is 9.72. The van der Waals surface area contributed by atoms with Crippen molar-refractivity contribution in [3.8, 4) is 12.3 Å². The number of amides is 1. The van der Waals surface area contributed by atoms with Crippen molar-refractivity contribution in [2.24, 2.45) is 0 Å². The van der Waals surface area contributed by atoms with Crippen LogP contribution in [0.2, 0.25) is 0 Å². The molecule has 1 aromatic rings. The van der Waals surface area contributed by atoms with Crippen LogP contribution in [0.5, 0.6) is 0 Å². The van der Waals surface area contributed by atoms with E-state index in [1.807, 2.05) is 6.92 Å². The SMILES string of the molecule is C#CCC(C)NC(=O)c1ccc(F)c(S)c1. The molecule has 0 fully saturated rings. The number of terminal acetylenes is 1. The second-order valence-corrected chi connectivity index (χ2v) is 3.93. The Morgan fingerprint density at radius 3 is 2.94 bits per heavy atom. The highest BCUT2D eigenvalue weighted by Gasteiger charge is 2.10. The lowest BCUT2D eigenvalue weighted by Crippen LogP contribution is -2.32. The normalized spacial score (nSPS) is 11.6. The van der Waals surface area contributed by atoms with Gasteiger partial charge in [0.25, 0.3) is 5.91 Å². The maximum atomic E-state index is 12.9. The van der Waals surface area contributed by atoms with Gasteiger partial charge in [0.2, 0.25) is 0 Å². The lowest BCUT2D eigenvalue weighted by Gasteiger charge is -2.11. The van der Waals surface area contributed by atoms with E-state index in [1.165, 1.54) is 18.2 Å². The first-order valence-corrected chi connectivity index (χ1v) is 5.22. The van der Waals surface area contributed by atoms with E-state index in [2.05, 4.69) is 23.9 Å². The van der Waals surface area contributed by atoms with Crippen LogP contribution in [-0.2, 0) is 0 Å². The van der Waals surface area contributed by atoms with E-state index in [0.29, 0.717) is 12.0 Å². The van der Waals surface area contributed by atoms with Gasteiger partial charge in [-0.3, -0.25) is 4.79 Å². The molecule has 0 bridgehead atoms. The van der Waals surface area contributed by atoms with E-state index in [-0.39, 0.29) is 16.8 Å². The maximum absolute atomic E-state index is 12.9. The summed E-state index contributed by atoms with van der Waals surface area (Å²) in [5.41, 5.74) is 0.371. The second-order valence-electron chi connectivity index (χ2n) is 3.45. The minimum absolute atomic E-state index is 0.106. The Labute approximate surface area is 99.7 Å². The summed E-state index contributed by atoms with van der Waals surface area (Å²) in [5.74, 6) is 1.73. The number of hydrogen-bond donors (Lipinski definition) is 2. The Bertz CT molecular complexity index is 439. The van der Waals surface area contributed by atoms with Crippen molar-refractivity contribution in [1.82, 2.24) is 5.32 Å². The lowest BCUT2D eigenvalue weighted by molar-refractivity contribution is 0.0940. The van der Waals surface area contributed by atoms with Crippen LogP contribution in [0.25, 0.3) is 0 Å². The summed E-state index contributed by atoms with van der Waals surface area (Å²) >= 11 is 3.91. The molecular weight excluding hydrogens is 225 g/mol. The minimum atomic E-state index is -0.448. The van der Waals surface area contributed by atoms with Crippen molar-refractivity contribution in [3.63, 3.8) is 0 Å². The topological polar surface area (TPSA) is 29.1 Å². The Morgan fingerprint density at radius 1 is 1.69 bits per heavy atom. The monoisotopic (exact) mass is 237 g/mol. The molecule has 2 nitrogen and oxygen atoms in total. The van der Waals surface area contributed by atoms with E-state index in [0.717, 1.165) is 0 Å². The number of hydrogen-bond acceptors (Lipinski definition) is 2. The van der Waals surface area contributed by atoms with Gasteiger partial charge in [0.1, 0.15) is 5.82 Å². The summed E-state index contributed by atoms with van der Waals surface area (Å²) in [6, 6.07) is 3.90. The average Bonchev–Trinajstić information content (AvgIpc) is 2.22. The molecule has 0 saturated carbocycles. The molecule has 0 aliphatic rings. The molecule has 1 unspecified atom stereocenters. The summed E-state index contributed by atoms with van der Waals surface area (Å²) in [6.45, 7) is 1.81. The molecule has 1 atom stereocenters. The molecule has 0 spiro atoms. The van der Waals surface area contributed by atoms with Gasteiger partial charge in [0, 0.05) is 22.9 Å². The minimum Gasteiger partial charge on any atom is -0.349 e. The van der Waals surface area contributed by atoms with Crippen LogP contribution in [0.3, 0.4) is 0 Å². The third-order valence-electron chi connectivity index (χ3n) is 2.01. The van der Waals surface area contributed by atoms with E-state index in [1.54, 1.807) is 0 Å². The fourth-order valence-corrected chi connectivity index (χ4v) is 1.40. The zero-order chi connectivity index (χ0) is 12.1. The average molecular weight is 237 g/mol. The molecule has 1 amide bonds. The van der Waals surface area contributed by atoms with Gasteiger partial charge in [-0.05, 0) is 25.1 Å². The fourth-order valence-electron chi connectivity index (χ4n) is 1.19. The Kier molecular flexibility index (Phi) is 4.39. The lowest BCUT2D eigenvalue weighted by atomic mass is 10.2. The molecule has 0 aliphatic carbocycles. The highest BCUT2D eigenvalue weighted by molar-refractivity contribution is 7.80. The molecule has 0 heterocycles. The summed E-state index contributed by atoms with van der Waals surface area (Å²) in [4.78, 5) is 11.8. The molecule has 0 radical (unpaired) electrons. The molecule has 16 heavy (non-hydrogen) atoms. The first kappa shape index (κ1) is 12.6. The van der Waals surface area contributed by atoms with E-state index < -0.39 is 5.82 Å². The quantitative estimate of drug-likeness (QED) is 0.613. The molecule has 4 heteroatoms. The van der Waals surface area contributed by atoms with Crippen LogP contribution >= 0.6 is 12.6 Å².